The molecule has 0 bridgehead atoms. The molecular weight excluding hydrogens is 266 g/mol. The molecule has 1 unspecified atom stereocenters. The summed E-state index contributed by atoms with van der Waals surface area (Å²) in [6.07, 6.45) is -1.12. The monoisotopic (exact) mass is 281 g/mol. The number of piperazine rings is 1. The fourth-order valence-corrected chi connectivity index (χ4v) is 2.73. The minimum absolute atomic E-state index is 0.0148. The van der Waals surface area contributed by atoms with Gasteiger partial charge < -0.3 is 15.2 Å². The minimum atomic E-state index is -4.21. The fraction of sp³-hybridized carbons (Fsp3) is 0.750. The maximum atomic E-state index is 11.8. The number of carboxylic acid groups (broad SMARTS) is 1. The molecule has 1 aliphatic heterocycles. The van der Waals surface area contributed by atoms with E-state index in [1.807, 2.05) is 0 Å². The van der Waals surface area contributed by atoms with E-state index in [4.69, 9.17) is 5.11 Å². The standard InChI is InChI=1S/C8H15N3O6S/c1-2-17-8(14)10-18(15,16)11-4-3-9-5-6(11)7(12)13/h6,9H,2-5H2,1H3,(H,10,14)(H,12,13). The molecule has 1 aliphatic rings. The Morgan fingerprint density at radius 3 is 2.78 bits per heavy atom. The highest BCUT2D eigenvalue weighted by Crippen LogP contribution is 2.08. The van der Waals surface area contributed by atoms with E-state index in [1.54, 1.807) is 4.72 Å². The fourth-order valence-electron chi connectivity index (χ4n) is 1.51. The number of carbonyl (C=O) groups excluding carboxylic acids is 1. The Bertz CT molecular complexity index is 423. The van der Waals surface area contributed by atoms with Crippen LogP contribution < -0.4 is 10.0 Å². The largest absolute Gasteiger partial charge is 0.480 e. The van der Waals surface area contributed by atoms with Gasteiger partial charge in [0.1, 0.15) is 6.04 Å². The van der Waals surface area contributed by atoms with Crippen LogP contribution >= 0.6 is 0 Å². The van der Waals surface area contributed by atoms with E-state index in [0.717, 1.165) is 4.31 Å². The Kier molecular flexibility index (Phi) is 4.87. The molecule has 9 nitrogen and oxygen atoms in total. The van der Waals surface area contributed by atoms with Crippen molar-refractivity contribution in [2.24, 2.45) is 0 Å². The third kappa shape index (κ3) is 3.55. The summed E-state index contributed by atoms with van der Waals surface area (Å²) in [6.45, 7) is 1.81. The first kappa shape index (κ1) is 14.7. The number of nitrogens with one attached hydrogen (secondary N) is 2. The normalized spacial score (nSPS) is 21.3. The molecule has 1 atom stereocenters. The van der Waals surface area contributed by atoms with Crippen molar-refractivity contribution in [3.05, 3.63) is 0 Å². The molecule has 3 N–H and O–H groups in total. The molecule has 0 aromatic rings. The van der Waals surface area contributed by atoms with Gasteiger partial charge in [-0.05, 0) is 6.92 Å². The smallest absolute Gasteiger partial charge is 0.421 e. The zero-order chi connectivity index (χ0) is 13.8. The van der Waals surface area contributed by atoms with E-state index >= 15 is 0 Å². The van der Waals surface area contributed by atoms with Crippen LogP contribution in [0, 0.1) is 0 Å². The molecule has 0 aromatic carbocycles. The van der Waals surface area contributed by atoms with E-state index in [1.165, 1.54) is 6.92 Å². The molecule has 1 heterocycles. The number of carboxylic acids is 1. The lowest BCUT2D eigenvalue weighted by Crippen LogP contribution is -2.59. The molecule has 1 fully saturated rings. The highest BCUT2D eigenvalue weighted by molar-refractivity contribution is 7.87. The van der Waals surface area contributed by atoms with Crippen LogP contribution in [-0.4, -0.2) is 62.2 Å². The van der Waals surface area contributed by atoms with Gasteiger partial charge in [0, 0.05) is 19.6 Å². The molecule has 1 saturated heterocycles. The average molecular weight is 281 g/mol. The number of hydrogen-bond donors (Lipinski definition) is 3. The number of hydrogen-bond acceptors (Lipinski definition) is 6. The topological polar surface area (TPSA) is 125 Å². The van der Waals surface area contributed by atoms with Crippen LogP contribution in [0.5, 0.6) is 0 Å². The van der Waals surface area contributed by atoms with Crippen LogP contribution in [0.25, 0.3) is 0 Å². The Labute approximate surface area is 104 Å². The second kappa shape index (κ2) is 5.98. The summed E-state index contributed by atoms with van der Waals surface area (Å²) in [7, 11) is -4.21. The molecule has 0 radical (unpaired) electrons. The molecule has 104 valence electrons. The lowest BCUT2D eigenvalue weighted by atomic mass is 10.2. The van der Waals surface area contributed by atoms with Gasteiger partial charge in [-0.2, -0.15) is 12.7 Å². The van der Waals surface area contributed by atoms with Crippen LogP contribution in [-0.2, 0) is 19.7 Å². The highest BCUT2D eigenvalue weighted by atomic mass is 32.2. The van der Waals surface area contributed by atoms with Gasteiger partial charge in [-0.25, -0.2) is 9.52 Å². The molecule has 0 spiro atoms. The minimum Gasteiger partial charge on any atom is -0.480 e. The van der Waals surface area contributed by atoms with E-state index in [2.05, 4.69) is 10.1 Å². The van der Waals surface area contributed by atoms with E-state index in [-0.39, 0.29) is 19.7 Å². The van der Waals surface area contributed by atoms with Crippen molar-refractivity contribution in [3.8, 4) is 0 Å². The molecule has 18 heavy (non-hydrogen) atoms. The van der Waals surface area contributed by atoms with E-state index < -0.39 is 28.3 Å². The third-order valence-corrected chi connectivity index (χ3v) is 3.75. The predicted molar refractivity (Wildman–Crippen MR) is 60.1 cm³/mol. The number of amides is 1. The van der Waals surface area contributed by atoms with Gasteiger partial charge in [0.2, 0.25) is 0 Å². The predicted octanol–water partition coefficient (Wildman–Crippen LogP) is -1.66. The van der Waals surface area contributed by atoms with Gasteiger partial charge in [-0.3, -0.25) is 4.79 Å². The number of rotatable bonds is 4. The second-order valence-electron chi connectivity index (χ2n) is 3.50. The van der Waals surface area contributed by atoms with Crippen LogP contribution in [0.3, 0.4) is 0 Å². The number of carbonyl (C=O) groups is 2. The van der Waals surface area contributed by atoms with Gasteiger partial charge >= 0.3 is 22.3 Å². The molecule has 0 saturated carbocycles. The van der Waals surface area contributed by atoms with Crippen molar-refractivity contribution in [2.75, 3.05) is 26.2 Å². The maximum Gasteiger partial charge on any atom is 0.421 e. The summed E-state index contributed by atoms with van der Waals surface area (Å²) in [5.41, 5.74) is 0. The average Bonchev–Trinajstić information content (AvgIpc) is 2.28. The maximum absolute atomic E-state index is 11.8. The third-order valence-electron chi connectivity index (χ3n) is 2.28. The number of aliphatic carboxylic acids is 1. The van der Waals surface area contributed by atoms with E-state index in [9.17, 15) is 18.0 Å². The van der Waals surface area contributed by atoms with Crippen molar-refractivity contribution in [1.29, 1.82) is 0 Å². The van der Waals surface area contributed by atoms with Crippen molar-refractivity contribution < 1.29 is 27.9 Å². The lowest BCUT2D eigenvalue weighted by molar-refractivity contribution is -0.141. The molecule has 0 aromatic heterocycles. The molecule has 10 heteroatoms. The van der Waals surface area contributed by atoms with Gasteiger partial charge in [0.25, 0.3) is 0 Å². The van der Waals surface area contributed by atoms with Crippen molar-refractivity contribution in [3.63, 3.8) is 0 Å². The van der Waals surface area contributed by atoms with Crippen LogP contribution in [0.15, 0.2) is 0 Å². The Balaban J connectivity index is 2.81. The van der Waals surface area contributed by atoms with Crippen LogP contribution in [0.1, 0.15) is 6.92 Å². The van der Waals surface area contributed by atoms with Crippen molar-refractivity contribution in [1.82, 2.24) is 14.3 Å². The molecular formula is C8H15N3O6S. The van der Waals surface area contributed by atoms with Crippen LogP contribution in [0.4, 0.5) is 4.79 Å². The second-order valence-corrected chi connectivity index (χ2v) is 5.12. The Morgan fingerprint density at radius 1 is 1.56 bits per heavy atom. The summed E-state index contributed by atoms with van der Waals surface area (Å²) < 4.78 is 30.4. The Hall–Kier alpha value is -1.39. The first-order valence-electron chi connectivity index (χ1n) is 5.28. The van der Waals surface area contributed by atoms with Gasteiger partial charge in [-0.15, -0.1) is 0 Å². The van der Waals surface area contributed by atoms with E-state index in [0.29, 0.717) is 6.54 Å². The Morgan fingerprint density at radius 2 is 2.22 bits per heavy atom. The highest BCUT2D eigenvalue weighted by Gasteiger charge is 2.37. The molecule has 1 amide bonds. The quantitative estimate of drug-likeness (QED) is 0.563. The van der Waals surface area contributed by atoms with Crippen LogP contribution in [0.2, 0.25) is 0 Å². The first-order valence-corrected chi connectivity index (χ1v) is 6.72. The summed E-state index contributed by atoms with van der Waals surface area (Å²) in [4.78, 5) is 22.0. The number of nitrogens with zero attached hydrogens (tertiary/aromatic N) is 1. The zero-order valence-corrected chi connectivity index (χ0v) is 10.6. The summed E-state index contributed by atoms with van der Waals surface area (Å²) >= 11 is 0. The molecule has 1 rings (SSSR count). The summed E-state index contributed by atoms with van der Waals surface area (Å²) in [5, 5.41) is 11.7. The summed E-state index contributed by atoms with van der Waals surface area (Å²) in [5.74, 6) is -1.28. The lowest BCUT2D eigenvalue weighted by Gasteiger charge is -2.31. The molecule has 0 aliphatic carbocycles. The van der Waals surface area contributed by atoms with Gasteiger partial charge in [0.15, 0.2) is 0 Å². The van der Waals surface area contributed by atoms with Gasteiger partial charge in [-0.1, -0.05) is 0 Å². The SMILES string of the molecule is CCOC(=O)NS(=O)(=O)N1CCNCC1C(=O)O. The number of ether oxygens (including phenoxy) is 1. The van der Waals surface area contributed by atoms with Gasteiger partial charge in [0.05, 0.1) is 6.61 Å². The zero-order valence-electron chi connectivity index (χ0n) is 9.75. The first-order chi connectivity index (χ1) is 8.38. The summed E-state index contributed by atoms with van der Waals surface area (Å²) in [6, 6.07) is -1.24. The van der Waals surface area contributed by atoms with Crippen molar-refractivity contribution >= 4 is 22.3 Å². The van der Waals surface area contributed by atoms with Crippen molar-refractivity contribution in [2.45, 2.75) is 13.0 Å².